The van der Waals surface area contributed by atoms with Crippen LogP contribution in [0.25, 0.3) is 0 Å². The summed E-state index contributed by atoms with van der Waals surface area (Å²) in [4.78, 5) is 11.0. The third-order valence-electron chi connectivity index (χ3n) is 3.15. The first-order valence-electron chi connectivity index (χ1n) is 5.91. The van der Waals surface area contributed by atoms with E-state index in [1.54, 1.807) is 6.92 Å². The van der Waals surface area contributed by atoms with Crippen LogP contribution >= 0.6 is 0 Å². The lowest BCUT2D eigenvalue weighted by Crippen LogP contribution is -2.40. The van der Waals surface area contributed by atoms with E-state index >= 15 is 0 Å². The molecule has 0 saturated heterocycles. The molecular weight excluding hydrogens is 226 g/mol. The number of rotatable bonds is 5. The Morgan fingerprint density at radius 3 is 2.38 bits per heavy atom. The SMILES string of the molecule is CC(=O)C(C)NS(=O)(=O)CC1CCCCC1. The molecule has 0 bridgehead atoms. The van der Waals surface area contributed by atoms with Crippen molar-refractivity contribution in [2.45, 2.75) is 52.0 Å². The lowest BCUT2D eigenvalue weighted by Gasteiger charge is -2.22. The zero-order valence-corrected chi connectivity index (χ0v) is 10.8. The van der Waals surface area contributed by atoms with Crippen LogP contribution in [-0.4, -0.2) is 26.0 Å². The molecule has 0 aliphatic heterocycles. The van der Waals surface area contributed by atoms with Crippen LogP contribution in [0.1, 0.15) is 46.0 Å². The molecule has 1 unspecified atom stereocenters. The minimum atomic E-state index is -3.30. The van der Waals surface area contributed by atoms with Gasteiger partial charge in [-0.25, -0.2) is 13.1 Å². The third kappa shape index (κ3) is 4.61. The van der Waals surface area contributed by atoms with E-state index in [1.165, 1.54) is 13.3 Å². The molecule has 0 spiro atoms. The van der Waals surface area contributed by atoms with Crippen molar-refractivity contribution in [3.8, 4) is 0 Å². The monoisotopic (exact) mass is 247 g/mol. The van der Waals surface area contributed by atoms with Gasteiger partial charge in [0.05, 0.1) is 11.8 Å². The minimum Gasteiger partial charge on any atom is -0.298 e. The zero-order valence-electron chi connectivity index (χ0n) is 10.0. The van der Waals surface area contributed by atoms with Gasteiger partial charge in [-0.2, -0.15) is 0 Å². The summed E-state index contributed by atoms with van der Waals surface area (Å²) in [7, 11) is -3.30. The van der Waals surface area contributed by atoms with E-state index in [-0.39, 0.29) is 17.5 Å². The molecule has 1 fully saturated rings. The predicted molar refractivity (Wildman–Crippen MR) is 63.6 cm³/mol. The van der Waals surface area contributed by atoms with Gasteiger partial charge in [0.25, 0.3) is 0 Å². The average Bonchev–Trinajstić information content (AvgIpc) is 2.17. The van der Waals surface area contributed by atoms with Crippen molar-refractivity contribution in [2.24, 2.45) is 5.92 Å². The maximum atomic E-state index is 11.8. The number of carbonyl (C=O) groups is 1. The highest BCUT2D eigenvalue weighted by Crippen LogP contribution is 2.24. The van der Waals surface area contributed by atoms with E-state index in [0.29, 0.717) is 0 Å². The largest absolute Gasteiger partial charge is 0.298 e. The lowest BCUT2D eigenvalue weighted by atomic mass is 9.91. The fourth-order valence-electron chi connectivity index (χ4n) is 2.06. The van der Waals surface area contributed by atoms with Crippen molar-refractivity contribution in [1.29, 1.82) is 0 Å². The first-order valence-corrected chi connectivity index (χ1v) is 7.56. The van der Waals surface area contributed by atoms with E-state index in [0.717, 1.165) is 25.7 Å². The maximum Gasteiger partial charge on any atom is 0.212 e. The fraction of sp³-hybridized carbons (Fsp3) is 0.909. The summed E-state index contributed by atoms with van der Waals surface area (Å²) in [5, 5.41) is 0. The molecule has 4 nitrogen and oxygen atoms in total. The Hall–Kier alpha value is -0.420. The van der Waals surface area contributed by atoms with Crippen molar-refractivity contribution in [3.63, 3.8) is 0 Å². The number of sulfonamides is 1. The summed E-state index contributed by atoms with van der Waals surface area (Å²) in [6.45, 7) is 2.98. The molecule has 0 radical (unpaired) electrons. The summed E-state index contributed by atoms with van der Waals surface area (Å²) in [6.07, 6.45) is 5.46. The Bertz CT molecular complexity index is 331. The highest BCUT2D eigenvalue weighted by atomic mass is 32.2. The summed E-state index contributed by atoms with van der Waals surface area (Å²) in [6, 6.07) is -0.603. The number of carbonyl (C=O) groups excluding carboxylic acids is 1. The van der Waals surface area contributed by atoms with E-state index in [1.807, 2.05) is 0 Å². The van der Waals surface area contributed by atoms with Crippen LogP contribution in [0.5, 0.6) is 0 Å². The molecule has 0 heterocycles. The molecule has 1 N–H and O–H groups in total. The first-order chi connectivity index (χ1) is 7.41. The second-order valence-corrected chi connectivity index (χ2v) is 6.53. The molecule has 1 atom stereocenters. The van der Waals surface area contributed by atoms with Crippen LogP contribution in [-0.2, 0) is 14.8 Å². The molecule has 0 amide bonds. The zero-order chi connectivity index (χ0) is 12.2. The van der Waals surface area contributed by atoms with E-state index < -0.39 is 16.1 Å². The molecule has 0 aromatic rings. The maximum absolute atomic E-state index is 11.8. The fourth-order valence-corrected chi connectivity index (χ4v) is 3.82. The van der Waals surface area contributed by atoms with Crippen LogP contribution in [0.3, 0.4) is 0 Å². The first kappa shape index (κ1) is 13.6. The van der Waals surface area contributed by atoms with Gasteiger partial charge in [0, 0.05) is 0 Å². The van der Waals surface area contributed by atoms with Crippen LogP contribution < -0.4 is 4.72 Å². The van der Waals surface area contributed by atoms with E-state index in [2.05, 4.69) is 4.72 Å². The number of Topliss-reactive ketones (excluding diaryl/α,β-unsaturated/α-hetero) is 1. The summed E-state index contributed by atoms with van der Waals surface area (Å²) in [5.74, 6) is 0.294. The molecule has 94 valence electrons. The molecule has 1 saturated carbocycles. The molecule has 0 aromatic carbocycles. The Morgan fingerprint density at radius 2 is 1.88 bits per heavy atom. The van der Waals surface area contributed by atoms with Crippen LogP contribution in [0.2, 0.25) is 0 Å². The second-order valence-electron chi connectivity index (χ2n) is 4.74. The third-order valence-corrected chi connectivity index (χ3v) is 4.77. The van der Waals surface area contributed by atoms with Crippen LogP contribution in [0.4, 0.5) is 0 Å². The van der Waals surface area contributed by atoms with Gasteiger partial charge in [-0.3, -0.25) is 4.79 Å². The Balaban J connectivity index is 2.47. The standard InChI is InChI=1S/C11H21NO3S/c1-9(10(2)13)12-16(14,15)8-11-6-4-3-5-7-11/h9,11-12H,3-8H2,1-2H3. The van der Waals surface area contributed by atoms with Crippen molar-refractivity contribution in [1.82, 2.24) is 4.72 Å². The molecule has 1 aliphatic rings. The van der Waals surface area contributed by atoms with Gasteiger partial charge in [0.2, 0.25) is 10.0 Å². The van der Waals surface area contributed by atoms with Gasteiger partial charge < -0.3 is 0 Å². The Kier molecular flexibility index (Phi) is 4.92. The lowest BCUT2D eigenvalue weighted by molar-refractivity contribution is -0.118. The summed E-state index contributed by atoms with van der Waals surface area (Å²) < 4.78 is 25.9. The highest BCUT2D eigenvalue weighted by molar-refractivity contribution is 7.89. The quantitative estimate of drug-likeness (QED) is 0.800. The summed E-state index contributed by atoms with van der Waals surface area (Å²) >= 11 is 0. The normalized spacial score (nSPS) is 20.6. The summed E-state index contributed by atoms with van der Waals surface area (Å²) in [5.41, 5.74) is 0. The van der Waals surface area contributed by atoms with E-state index in [9.17, 15) is 13.2 Å². The molecule has 0 aromatic heterocycles. The van der Waals surface area contributed by atoms with Gasteiger partial charge in [-0.15, -0.1) is 0 Å². The smallest absolute Gasteiger partial charge is 0.212 e. The number of hydrogen-bond donors (Lipinski definition) is 1. The van der Waals surface area contributed by atoms with Crippen molar-refractivity contribution < 1.29 is 13.2 Å². The van der Waals surface area contributed by atoms with Gasteiger partial charge in [-0.1, -0.05) is 19.3 Å². The molecule has 16 heavy (non-hydrogen) atoms. The molecule has 1 aliphatic carbocycles. The average molecular weight is 247 g/mol. The highest BCUT2D eigenvalue weighted by Gasteiger charge is 2.23. The van der Waals surface area contributed by atoms with Crippen molar-refractivity contribution in [3.05, 3.63) is 0 Å². The second kappa shape index (κ2) is 5.77. The Morgan fingerprint density at radius 1 is 1.31 bits per heavy atom. The van der Waals surface area contributed by atoms with Crippen LogP contribution in [0, 0.1) is 5.92 Å². The topological polar surface area (TPSA) is 63.2 Å². The molecular formula is C11H21NO3S. The number of nitrogens with one attached hydrogen (secondary N) is 1. The predicted octanol–water partition coefficient (Wildman–Crippen LogP) is 1.46. The molecule has 5 heteroatoms. The van der Waals surface area contributed by atoms with Crippen molar-refractivity contribution in [2.75, 3.05) is 5.75 Å². The van der Waals surface area contributed by atoms with Gasteiger partial charge in [0.15, 0.2) is 0 Å². The molecule has 1 rings (SSSR count). The number of ketones is 1. The minimum absolute atomic E-state index is 0.146. The van der Waals surface area contributed by atoms with Gasteiger partial charge in [-0.05, 0) is 32.6 Å². The Labute approximate surface area is 97.9 Å². The van der Waals surface area contributed by atoms with Crippen molar-refractivity contribution >= 4 is 15.8 Å². The van der Waals surface area contributed by atoms with Crippen LogP contribution in [0.15, 0.2) is 0 Å². The van der Waals surface area contributed by atoms with Gasteiger partial charge in [0.1, 0.15) is 5.78 Å². The van der Waals surface area contributed by atoms with E-state index in [4.69, 9.17) is 0 Å². The number of hydrogen-bond acceptors (Lipinski definition) is 3. The van der Waals surface area contributed by atoms with Gasteiger partial charge >= 0.3 is 0 Å².